The Kier molecular flexibility index (Phi) is 3.74. The van der Waals surface area contributed by atoms with E-state index in [9.17, 15) is 8.42 Å². The number of imidazole rings is 1. The lowest BCUT2D eigenvalue weighted by Crippen LogP contribution is -2.34. The van der Waals surface area contributed by atoms with Gasteiger partial charge in [-0.15, -0.1) is 22.7 Å². The van der Waals surface area contributed by atoms with E-state index in [0.717, 1.165) is 4.88 Å². The van der Waals surface area contributed by atoms with Crippen LogP contribution in [-0.2, 0) is 16.4 Å². The molecule has 0 aliphatic carbocycles. The Morgan fingerprint density at radius 2 is 2.24 bits per heavy atom. The fraction of sp³-hybridized carbons (Fsp3) is 0.250. The van der Waals surface area contributed by atoms with Gasteiger partial charge < -0.3 is 5.73 Å². The predicted molar refractivity (Wildman–Crippen MR) is 85.3 cm³/mol. The van der Waals surface area contributed by atoms with Gasteiger partial charge in [0.25, 0.3) is 10.0 Å². The molecule has 3 aromatic heterocycles. The molecule has 0 saturated heterocycles. The second kappa shape index (κ2) is 5.41. The molecule has 21 heavy (non-hydrogen) atoms. The van der Waals surface area contributed by atoms with Gasteiger partial charge in [0.2, 0.25) is 0 Å². The average molecular weight is 342 g/mol. The number of fused-ring (bicyclic) bond motifs is 1. The van der Waals surface area contributed by atoms with Gasteiger partial charge in [-0.05, 0) is 24.8 Å². The van der Waals surface area contributed by atoms with Gasteiger partial charge in [0.05, 0.1) is 0 Å². The molecule has 0 bridgehead atoms. The minimum atomic E-state index is -3.71. The summed E-state index contributed by atoms with van der Waals surface area (Å²) >= 11 is 2.95. The van der Waals surface area contributed by atoms with Crippen LogP contribution in [0.1, 0.15) is 11.8 Å². The Bertz CT molecular complexity index is 848. The van der Waals surface area contributed by atoms with Gasteiger partial charge in [-0.3, -0.25) is 4.40 Å². The van der Waals surface area contributed by atoms with Gasteiger partial charge in [-0.1, -0.05) is 6.07 Å². The molecule has 0 saturated carbocycles. The highest BCUT2D eigenvalue weighted by Gasteiger charge is 2.26. The van der Waals surface area contributed by atoms with E-state index >= 15 is 0 Å². The van der Waals surface area contributed by atoms with E-state index < -0.39 is 10.0 Å². The van der Waals surface area contributed by atoms with Crippen LogP contribution >= 0.6 is 22.7 Å². The summed E-state index contributed by atoms with van der Waals surface area (Å²) < 4.78 is 29.2. The minimum absolute atomic E-state index is 0.0109. The molecular formula is C12H14N4O2S3. The van der Waals surface area contributed by atoms with Crippen LogP contribution in [0.5, 0.6) is 0 Å². The number of thiazole rings is 1. The van der Waals surface area contributed by atoms with Crippen LogP contribution in [0.3, 0.4) is 0 Å². The average Bonchev–Trinajstić information content (AvgIpc) is 3.04. The molecule has 0 fully saturated rings. The minimum Gasteiger partial charge on any atom is -0.381 e. The zero-order valence-electron chi connectivity index (χ0n) is 11.2. The number of nitrogen functional groups attached to an aromatic ring is 1. The molecule has 0 radical (unpaired) electrons. The molecule has 3 rings (SSSR count). The molecule has 0 spiro atoms. The third-order valence-electron chi connectivity index (χ3n) is 2.94. The number of hydrogen-bond donors (Lipinski definition) is 2. The van der Waals surface area contributed by atoms with Crippen LogP contribution in [0.4, 0.5) is 5.82 Å². The van der Waals surface area contributed by atoms with Crippen molar-refractivity contribution in [1.82, 2.24) is 14.1 Å². The van der Waals surface area contributed by atoms with E-state index in [-0.39, 0.29) is 16.9 Å². The van der Waals surface area contributed by atoms with Crippen LogP contribution in [0.25, 0.3) is 4.96 Å². The van der Waals surface area contributed by atoms with Crippen LogP contribution in [0.15, 0.2) is 34.1 Å². The van der Waals surface area contributed by atoms with Crippen LogP contribution in [0, 0.1) is 0 Å². The van der Waals surface area contributed by atoms with Crippen molar-refractivity contribution in [2.75, 3.05) is 5.73 Å². The van der Waals surface area contributed by atoms with Crippen LogP contribution in [0.2, 0.25) is 0 Å². The number of aromatic nitrogens is 2. The van der Waals surface area contributed by atoms with Gasteiger partial charge in [-0.25, -0.2) is 18.1 Å². The van der Waals surface area contributed by atoms with Crippen LogP contribution < -0.4 is 10.5 Å². The quantitative estimate of drug-likeness (QED) is 0.741. The second-order valence-corrected chi connectivity index (χ2v) is 8.20. The summed E-state index contributed by atoms with van der Waals surface area (Å²) in [7, 11) is -3.71. The van der Waals surface area contributed by atoms with E-state index in [1.165, 1.54) is 15.7 Å². The molecule has 3 aromatic rings. The van der Waals surface area contributed by atoms with Crippen molar-refractivity contribution < 1.29 is 8.42 Å². The third-order valence-corrected chi connectivity index (χ3v) is 6.22. The second-order valence-electron chi connectivity index (χ2n) is 4.66. The van der Waals surface area contributed by atoms with Gasteiger partial charge in [0.1, 0.15) is 0 Å². The highest BCUT2D eigenvalue weighted by molar-refractivity contribution is 7.89. The maximum absolute atomic E-state index is 12.5. The molecule has 0 aromatic carbocycles. The highest BCUT2D eigenvalue weighted by Crippen LogP contribution is 2.23. The Morgan fingerprint density at radius 3 is 2.95 bits per heavy atom. The zero-order valence-corrected chi connectivity index (χ0v) is 13.6. The first kappa shape index (κ1) is 14.5. The summed E-state index contributed by atoms with van der Waals surface area (Å²) in [5, 5.41) is 3.76. The fourth-order valence-corrected chi connectivity index (χ4v) is 5.21. The van der Waals surface area contributed by atoms with Crippen molar-refractivity contribution in [1.29, 1.82) is 0 Å². The number of nitrogens with zero attached hydrogens (tertiary/aromatic N) is 2. The first-order chi connectivity index (χ1) is 9.97. The Labute approximate surface area is 130 Å². The summed E-state index contributed by atoms with van der Waals surface area (Å²) in [6.07, 6.45) is 2.30. The van der Waals surface area contributed by atoms with Crippen molar-refractivity contribution in [2.45, 2.75) is 24.4 Å². The molecule has 3 heterocycles. The Hall–Kier alpha value is -1.42. The van der Waals surface area contributed by atoms with Gasteiger partial charge in [-0.2, -0.15) is 0 Å². The van der Waals surface area contributed by atoms with E-state index in [1.807, 2.05) is 24.4 Å². The molecular weight excluding hydrogens is 328 g/mol. The summed E-state index contributed by atoms with van der Waals surface area (Å²) in [5.41, 5.74) is 5.75. The van der Waals surface area contributed by atoms with E-state index in [4.69, 9.17) is 5.73 Å². The Balaban J connectivity index is 1.86. The van der Waals surface area contributed by atoms with Crippen molar-refractivity contribution in [3.8, 4) is 0 Å². The molecule has 112 valence electrons. The number of hydrogen-bond acceptors (Lipinski definition) is 6. The lowest BCUT2D eigenvalue weighted by atomic mass is 10.2. The standard InChI is InChI=1S/C12H14N4O2S3/c1-8(7-9-3-2-5-19-9)15-21(17,18)11-10(13)14-12-16(11)4-6-20-12/h2-6,8,15H,7,13H2,1H3. The first-order valence-corrected chi connectivity index (χ1v) is 9.47. The van der Waals surface area contributed by atoms with E-state index in [2.05, 4.69) is 9.71 Å². The molecule has 6 nitrogen and oxygen atoms in total. The normalized spacial score (nSPS) is 13.8. The van der Waals surface area contributed by atoms with Crippen molar-refractivity contribution in [3.63, 3.8) is 0 Å². The predicted octanol–water partition coefficient (Wildman–Crippen LogP) is 1.95. The number of thiophene rings is 1. The maximum Gasteiger partial charge on any atom is 0.260 e. The summed E-state index contributed by atoms with van der Waals surface area (Å²) in [4.78, 5) is 5.76. The SMILES string of the molecule is CC(Cc1cccs1)NS(=O)(=O)c1c(N)nc2sccn12. The lowest BCUT2D eigenvalue weighted by molar-refractivity contribution is 0.557. The van der Waals surface area contributed by atoms with E-state index in [1.54, 1.807) is 22.9 Å². The molecule has 0 aliphatic heterocycles. The summed E-state index contributed by atoms with van der Waals surface area (Å²) in [6, 6.07) is 3.71. The lowest BCUT2D eigenvalue weighted by Gasteiger charge is -2.13. The third kappa shape index (κ3) is 2.82. The Morgan fingerprint density at radius 1 is 1.43 bits per heavy atom. The van der Waals surface area contributed by atoms with Gasteiger partial charge in [0, 0.05) is 22.5 Å². The fourth-order valence-electron chi connectivity index (χ4n) is 2.14. The van der Waals surface area contributed by atoms with Crippen molar-refractivity contribution in [3.05, 3.63) is 34.0 Å². The monoisotopic (exact) mass is 342 g/mol. The number of nitrogens with one attached hydrogen (secondary N) is 1. The maximum atomic E-state index is 12.5. The molecule has 3 N–H and O–H groups in total. The number of nitrogens with two attached hydrogens (primary N) is 1. The zero-order chi connectivity index (χ0) is 15.0. The van der Waals surface area contributed by atoms with Crippen LogP contribution in [-0.4, -0.2) is 23.8 Å². The molecule has 0 aliphatic rings. The molecule has 1 atom stereocenters. The number of anilines is 1. The summed E-state index contributed by atoms with van der Waals surface area (Å²) in [6.45, 7) is 1.83. The molecule has 1 unspecified atom stereocenters. The van der Waals surface area contributed by atoms with Crippen molar-refractivity contribution >= 4 is 43.5 Å². The number of rotatable bonds is 5. The first-order valence-electron chi connectivity index (χ1n) is 6.23. The summed E-state index contributed by atoms with van der Waals surface area (Å²) in [5.74, 6) is 0.0256. The van der Waals surface area contributed by atoms with Crippen molar-refractivity contribution in [2.24, 2.45) is 0 Å². The number of sulfonamides is 1. The van der Waals surface area contributed by atoms with E-state index in [0.29, 0.717) is 11.4 Å². The smallest absolute Gasteiger partial charge is 0.260 e. The molecule has 9 heteroatoms. The van der Waals surface area contributed by atoms with Gasteiger partial charge in [0.15, 0.2) is 15.8 Å². The van der Waals surface area contributed by atoms with Gasteiger partial charge >= 0.3 is 0 Å². The topological polar surface area (TPSA) is 89.5 Å². The molecule has 0 amide bonds. The highest BCUT2D eigenvalue weighted by atomic mass is 32.2. The largest absolute Gasteiger partial charge is 0.381 e.